The minimum absolute atomic E-state index is 0.0415. The molecule has 0 unspecified atom stereocenters. The van der Waals surface area contributed by atoms with Gasteiger partial charge in [0.15, 0.2) is 0 Å². The van der Waals surface area contributed by atoms with E-state index in [9.17, 15) is 40.3 Å². The summed E-state index contributed by atoms with van der Waals surface area (Å²) in [7, 11) is 0. The average molecular weight is 555 g/mol. The predicted octanol–water partition coefficient (Wildman–Crippen LogP) is 5.44. The first-order chi connectivity index (χ1) is 13.2. The molecule has 13 heteroatoms. The fourth-order valence-corrected chi connectivity index (χ4v) is 2.58. The van der Waals surface area contributed by atoms with Crippen LogP contribution >= 0.6 is 31.9 Å². The van der Waals surface area contributed by atoms with Gasteiger partial charge in [0, 0.05) is 8.95 Å². The number of rotatable bonds is 3. The summed E-state index contributed by atoms with van der Waals surface area (Å²) in [6, 6.07) is 3.36. The number of alkyl halides is 3. The first-order valence-electron chi connectivity index (χ1n) is 7.10. The number of carboxylic acids is 1. The minimum Gasteiger partial charge on any atom is -0.477 e. The monoisotopic (exact) mass is 553 g/mol. The van der Waals surface area contributed by atoms with Crippen molar-refractivity contribution >= 4 is 43.7 Å². The van der Waals surface area contributed by atoms with Gasteiger partial charge in [-0.15, -0.1) is 0 Å². The van der Waals surface area contributed by atoms with E-state index in [1.807, 2.05) is 0 Å². The molecule has 0 heterocycles. The Balaban J connectivity index is 0.000000308. The molecular weight excluding hydrogens is 547 g/mol. The molecule has 0 fully saturated rings. The van der Waals surface area contributed by atoms with E-state index in [4.69, 9.17) is 5.11 Å². The zero-order chi connectivity index (χ0) is 22.5. The topological polar surface area (TPSA) is 66.4 Å². The number of nitrogens with one attached hydrogen (secondary N) is 1. The number of carbonyl (C=O) groups is 2. The van der Waals surface area contributed by atoms with Crippen molar-refractivity contribution in [1.82, 2.24) is 5.32 Å². The highest BCUT2D eigenvalue weighted by Crippen LogP contribution is 2.20. The van der Waals surface area contributed by atoms with Crippen LogP contribution in [0.25, 0.3) is 0 Å². The number of carbonyl (C=O) groups excluding carboxylic acids is 1. The summed E-state index contributed by atoms with van der Waals surface area (Å²) < 4.78 is 87.3. The van der Waals surface area contributed by atoms with Crippen molar-refractivity contribution in [3.63, 3.8) is 0 Å². The van der Waals surface area contributed by atoms with Crippen molar-refractivity contribution in [2.75, 3.05) is 6.54 Å². The van der Waals surface area contributed by atoms with E-state index >= 15 is 0 Å². The Morgan fingerprint density at radius 2 is 1.17 bits per heavy atom. The molecule has 0 saturated carbocycles. The SMILES string of the molecule is O=C(NCC(F)(F)F)c1c(F)cc(Br)cc1F.O=C(O)c1c(F)cc(Br)cc1F. The lowest BCUT2D eigenvalue weighted by atomic mass is 10.2. The number of benzene rings is 2. The lowest BCUT2D eigenvalue weighted by Crippen LogP contribution is -2.34. The van der Waals surface area contributed by atoms with Gasteiger partial charge in [-0.1, -0.05) is 31.9 Å². The molecule has 2 N–H and O–H groups in total. The van der Waals surface area contributed by atoms with Crippen LogP contribution in [0.5, 0.6) is 0 Å². The molecule has 29 heavy (non-hydrogen) atoms. The third kappa shape index (κ3) is 7.65. The highest BCUT2D eigenvalue weighted by atomic mass is 79.9. The summed E-state index contributed by atoms with van der Waals surface area (Å²) >= 11 is 5.60. The average Bonchev–Trinajstić information content (AvgIpc) is 2.50. The molecule has 0 radical (unpaired) electrons. The third-order valence-electron chi connectivity index (χ3n) is 2.90. The Morgan fingerprint density at radius 3 is 1.48 bits per heavy atom. The van der Waals surface area contributed by atoms with E-state index in [1.54, 1.807) is 0 Å². The number of aromatic carboxylic acids is 1. The summed E-state index contributed by atoms with van der Waals surface area (Å²) in [6.45, 7) is -1.65. The van der Waals surface area contributed by atoms with Crippen molar-refractivity contribution in [3.05, 3.63) is 67.6 Å². The molecule has 0 bridgehead atoms. The summed E-state index contributed by atoms with van der Waals surface area (Å²) in [6.07, 6.45) is -4.64. The molecule has 1 amide bonds. The molecule has 2 rings (SSSR count). The summed E-state index contributed by atoms with van der Waals surface area (Å²) in [5.41, 5.74) is -1.98. The Hall–Kier alpha value is -2.15. The van der Waals surface area contributed by atoms with Gasteiger partial charge in [-0.3, -0.25) is 4.79 Å². The van der Waals surface area contributed by atoms with Crippen molar-refractivity contribution in [2.24, 2.45) is 0 Å². The largest absolute Gasteiger partial charge is 0.477 e. The zero-order valence-electron chi connectivity index (χ0n) is 13.7. The highest BCUT2D eigenvalue weighted by molar-refractivity contribution is 9.10. The Labute approximate surface area is 175 Å². The summed E-state index contributed by atoms with van der Waals surface area (Å²) in [5, 5.41) is 9.72. The molecule has 158 valence electrons. The maximum Gasteiger partial charge on any atom is 0.405 e. The Morgan fingerprint density at radius 1 is 0.828 bits per heavy atom. The van der Waals surface area contributed by atoms with Crippen molar-refractivity contribution in [2.45, 2.75) is 6.18 Å². The third-order valence-corrected chi connectivity index (χ3v) is 3.82. The van der Waals surface area contributed by atoms with Crippen LogP contribution < -0.4 is 5.32 Å². The molecule has 0 spiro atoms. The number of amides is 1. The van der Waals surface area contributed by atoms with E-state index in [2.05, 4.69) is 31.9 Å². The van der Waals surface area contributed by atoms with Crippen LogP contribution in [0.4, 0.5) is 30.7 Å². The highest BCUT2D eigenvalue weighted by Gasteiger charge is 2.29. The van der Waals surface area contributed by atoms with Crippen LogP contribution in [-0.4, -0.2) is 29.7 Å². The number of carboxylic acid groups (broad SMARTS) is 1. The fourth-order valence-electron chi connectivity index (χ4n) is 1.77. The number of hydrogen-bond acceptors (Lipinski definition) is 2. The maximum absolute atomic E-state index is 13.2. The van der Waals surface area contributed by atoms with Crippen molar-refractivity contribution in [1.29, 1.82) is 0 Å². The van der Waals surface area contributed by atoms with E-state index < -0.39 is 59.0 Å². The van der Waals surface area contributed by atoms with Gasteiger partial charge >= 0.3 is 12.1 Å². The first-order valence-corrected chi connectivity index (χ1v) is 8.69. The quantitative estimate of drug-likeness (QED) is 0.496. The Kier molecular flexibility index (Phi) is 8.63. The molecule has 2 aromatic carbocycles. The van der Waals surface area contributed by atoms with Crippen molar-refractivity contribution in [3.8, 4) is 0 Å². The molecule has 0 aliphatic heterocycles. The maximum atomic E-state index is 13.2. The number of hydrogen-bond donors (Lipinski definition) is 2. The lowest BCUT2D eigenvalue weighted by Gasteiger charge is -2.09. The second-order valence-corrected chi connectivity index (χ2v) is 6.92. The molecule has 0 atom stereocenters. The van der Waals surface area contributed by atoms with Gasteiger partial charge in [0.25, 0.3) is 5.91 Å². The van der Waals surface area contributed by atoms with Gasteiger partial charge < -0.3 is 10.4 Å². The van der Waals surface area contributed by atoms with Gasteiger partial charge in [0.2, 0.25) is 0 Å². The Bertz CT molecular complexity index is 889. The molecule has 2 aromatic rings. The van der Waals surface area contributed by atoms with E-state index in [1.165, 1.54) is 5.32 Å². The summed E-state index contributed by atoms with van der Waals surface area (Å²) in [4.78, 5) is 21.4. The van der Waals surface area contributed by atoms with Gasteiger partial charge in [0.1, 0.15) is 40.9 Å². The minimum atomic E-state index is -4.64. The lowest BCUT2D eigenvalue weighted by molar-refractivity contribution is -0.123. The van der Waals surface area contributed by atoms with Crippen LogP contribution in [0.2, 0.25) is 0 Å². The van der Waals surface area contributed by atoms with Crippen LogP contribution in [0, 0.1) is 23.3 Å². The molecule has 0 aliphatic rings. The second-order valence-electron chi connectivity index (χ2n) is 5.09. The standard InChI is InChI=1S/C9H5BrF5NO.C7H3BrF2O2/c10-4-1-5(11)7(6(12)2-4)8(17)16-3-9(13,14)15;8-3-1-4(9)6(7(11)12)5(10)2-3/h1-2H,3H2,(H,16,17);1-2H,(H,11,12). The van der Waals surface area contributed by atoms with E-state index in [0.717, 1.165) is 24.3 Å². The fraction of sp³-hybridized carbons (Fsp3) is 0.125. The zero-order valence-corrected chi connectivity index (χ0v) is 16.9. The molecule has 0 saturated heterocycles. The molecule has 4 nitrogen and oxygen atoms in total. The first kappa shape index (κ1) is 24.9. The van der Waals surface area contributed by atoms with Crippen molar-refractivity contribution < 1.29 is 45.4 Å². The predicted molar refractivity (Wildman–Crippen MR) is 93.5 cm³/mol. The van der Waals surface area contributed by atoms with Crippen LogP contribution in [-0.2, 0) is 0 Å². The molecule has 0 aromatic heterocycles. The molecule has 0 aliphatic carbocycles. The molecular formula is C16H8Br2F7NO3. The number of halogens is 9. The van der Waals surface area contributed by atoms with Gasteiger partial charge in [0.05, 0.1) is 0 Å². The van der Waals surface area contributed by atoms with E-state index in [0.29, 0.717) is 0 Å². The van der Waals surface area contributed by atoms with Crippen LogP contribution in [0.3, 0.4) is 0 Å². The van der Waals surface area contributed by atoms with Gasteiger partial charge in [-0.2, -0.15) is 13.2 Å². The smallest absolute Gasteiger partial charge is 0.405 e. The van der Waals surface area contributed by atoms with Crippen LogP contribution in [0.15, 0.2) is 33.2 Å². The van der Waals surface area contributed by atoms with Gasteiger partial charge in [-0.25, -0.2) is 22.4 Å². The summed E-state index contributed by atoms with van der Waals surface area (Å²) in [5.74, 6) is -7.72. The second kappa shape index (κ2) is 10.1. The van der Waals surface area contributed by atoms with E-state index in [-0.39, 0.29) is 8.95 Å². The normalized spacial score (nSPS) is 10.8. The van der Waals surface area contributed by atoms with Gasteiger partial charge in [-0.05, 0) is 24.3 Å². The van der Waals surface area contributed by atoms with Crippen LogP contribution in [0.1, 0.15) is 20.7 Å².